The Balaban J connectivity index is 3.15. The van der Waals surface area contributed by atoms with Crippen LogP contribution in [0.2, 0.25) is 0 Å². The Morgan fingerprint density at radius 3 is 2.24 bits per heavy atom. The molecule has 0 spiro atoms. The van der Waals surface area contributed by atoms with E-state index in [0.29, 0.717) is 12.0 Å². The second-order valence-electron chi connectivity index (χ2n) is 4.24. The summed E-state index contributed by atoms with van der Waals surface area (Å²) in [6.45, 7) is 3.40. The summed E-state index contributed by atoms with van der Waals surface area (Å²) < 4.78 is 42.9. The number of benzene rings is 1. The average molecular weight is 246 g/mol. The standard InChI is InChI=1S/C13H17F3O/c1-4-10-7-5-6-8-11(10)12(2,17-3)9-13(14,15)16/h5-8H,4,9H2,1-3H3. The van der Waals surface area contributed by atoms with Crippen molar-refractivity contribution in [3.8, 4) is 0 Å². The first-order valence-electron chi connectivity index (χ1n) is 5.52. The van der Waals surface area contributed by atoms with E-state index >= 15 is 0 Å². The van der Waals surface area contributed by atoms with E-state index in [4.69, 9.17) is 4.74 Å². The molecule has 0 amide bonds. The number of halogens is 3. The first-order valence-corrected chi connectivity index (χ1v) is 5.52. The van der Waals surface area contributed by atoms with Gasteiger partial charge in [0.1, 0.15) is 0 Å². The number of aryl methyl sites for hydroxylation is 1. The van der Waals surface area contributed by atoms with Gasteiger partial charge in [-0.2, -0.15) is 13.2 Å². The van der Waals surface area contributed by atoms with E-state index in [1.165, 1.54) is 14.0 Å². The zero-order chi connectivity index (χ0) is 13.1. The monoisotopic (exact) mass is 246 g/mol. The normalized spacial score (nSPS) is 15.6. The summed E-state index contributed by atoms with van der Waals surface area (Å²) in [6.07, 6.45) is -4.54. The molecule has 0 saturated heterocycles. The summed E-state index contributed by atoms with van der Waals surface area (Å²) >= 11 is 0. The van der Waals surface area contributed by atoms with Gasteiger partial charge in [-0.1, -0.05) is 31.2 Å². The van der Waals surface area contributed by atoms with Crippen LogP contribution < -0.4 is 0 Å². The maximum Gasteiger partial charge on any atom is 0.392 e. The van der Waals surface area contributed by atoms with Crippen molar-refractivity contribution in [1.82, 2.24) is 0 Å². The van der Waals surface area contributed by atoms with E-state index in [1.807, 2.05) is 19.1 Å². The molecule has 4 heteroatoms. The second kappa shape index (κ2) is 5.08. The Morgan fingerprint density at radius 2 is 1.76 bits per heavy atom. The van der Waals surface area contributed by atoms with Crippen molar-refractivity contribution < 1.29 is 17.9 Å². The van der Waals surface area contributed by atoms with Crippen LogP contribution in [0.1, 0.15) is 31.4 Å². The Morgan fingerprint density at radius 1 is 1.18 bits per heavy atom. The number of rotatable bonds is 4. The molecule has 0 radical (unpaired) electrons. The van der Waals surface area contributed by atoms with Gasteiger partial charge in [-0.3, -0.25) is 0 Å². The quantitative estimate of drug-likeness (QED) is 0.778. The number of alkyl halides is 3. The van der Waals surface area contributed by atoms with Crippen molar-refractivity contribution in [2.24, 2.45) is 0 Å². The van der Waals surface area contributed by atoms with Crippen LogP contribution in [0.3, 0.4) is 0 Å². The summed E-state index contributed by atoms with van der Waals surface area (Å²) in [7, 11) is 1.32. The van der Waals surface area contributed by atoms with Crippen LogP contribution in [0.5, 0.6) is 0 Å². The molecule has 0 aliphatic heterocycles. The summed E-state index contributed by atoms with van der Waals surface area (Å²) in [5, 5.41) is 0. The maximum absolute atomic E-state index is 12.6. The maximum atomic E-state index is 12.6. The minimum absolute atomic E-state index is 0.613. The molecule has 0 bridgehead atoms. The first kappa shape index (κ1) is 14.0. The number of hydrogen-bond acceptors (Lipinski definition) is 1. The third-order valence-electron chi connectivity index (χ3n) is 2.96. The van der Waals surface area contributed by atoms with Gasteiger partial charge >= 0.3 is 6.18 Å². The molecule has 0 aromatic heterocycles. The summed E-state index contributed by atoms with van der Waals surface area (Å²) in [4.78, 5) is 0. The molecule has 1 rings (SSSR count). The van der Waals surface area contributed by atoms with E-state index in [9.17, 15) is 13.2 Å². The minimum Gasteiger partial charge on any atom is -0.373 e. The van der Waals surface area contributed by atoms with Gasteiger partial charge in [0.15, 0.2) is 0 Å². The van der Waals surface area contributed by atoms with Gasteiger partial charge in [0.25, 0.3) is 0 Å². The number of hydrogen-bond donors (Lipinski definition) is 0. The van der Waals surface area contributed by atoms with E-state index in [-0.39, 0.29) is 0 Å². The van der Waals surface area contributed by atoms with E-state index < -0.39 is 18.2 Å². The smallest absolute Gasteiger partial charge is 0.373 e. The third kappa shape index (κ3) is 3.46. The van der Waals surface area contributed by atoms with Gasteiger partial charge in [-0.25, -0.2) is 0 Å². The molecule has 0 saturated carbocycles. The highest BCUT2D eigenvalue weighted by atomic mass is 19.4. The highest BCUT2D eigenvalue weighted by molar-refractivity contribution is 5.32. The van der Waals surface area contributed by atoms with Crippen molar-refractivity contribution >= 4 is 0 Å². The zero-order valence-electron chi connectivity index (χ0n) is 10.3. The van der Waals surface area contributed by atoms with Crippen molar-refractivity contribution in [3.05, 3.63) is 35.4 Å². The summed E-state index contributed by atoms with van der Waals surface area (Å²) in [5.41, 5.74) is 0.189. The Hall–Kier alpha value is -1.03. The Labute approximate surface area is 99.6 Å². The summed E-state index contributed by atoms with van der Waals surface area (Å²) in [5.74, 6) is 0. The predicted molar refractivity (Wildman–Crippen MR) is 60.9 cm³/mol. The number of ether oxygens (including phenoxy) is 1. The largest absolute Gasteiger partial charge is 0.392 e. The molecule has 0 fully saturated rings. The van der Waals surface area contributed by atoms with Gasteiger partial charge < -0.3 is 4.74 Å². The Bertz CT molecular complexity index is 373. The molecule has 1 aromatic rings. The molecular formula is C13H17F3O. The highest BCUT2D eigenvalue weighted by Crippen LogP contribution is 2.38. The molecule has 17 heavy (non-hydrogen) atoms. The second-order valence-corrected chi connectivity index (χ2v) is 4.24. The molecule has 1 nitrogen and oxygen atoms in total. The summed E-state index contributed by atoms with van der Waals surface area (Å²) in [6, 6.07) is 7.10. The lowest BCUT2D eigenvalue weighted by Gasteiger charge is -2.31. The van der Waals surface area contributed by atoms with Crippen molar-refractivity contribution in [3.63, 3.8) is 0 Å². The molecule has 96 valence electrons. The van der Waals surface area contributed by atoms with Crippen molar-refractivity contribution in [1.29, 1.82) is 0 Å². The molecule has 0 aliphatic carbocycles. The third-order valence-corrected chi connectivity index (χ3v) is 2.96. The van der Waals surface area contributed by atoms with Gasteiger partial charge in [0.2, 0.25) is 0 Å². The van der Waals surface area contributed by atoms with Crippen LogP contribution >= 0.6 is 0 Å². The van der Waals surface area contributed by atoms with Gasteiger partial charge in [-0.05, 0) is 24.5 Å². The van der Waals surface area contributed by atoms with Crippen LogP contribution in [0.15, 0.2) is 24.3 Å². The predicted octanol–water partition coefficient (Wildman–Crippen LogP) is 4.06. The first-order chi connectivity index (χ1) is 7.82. The number of methoxy groups -OCH3 is 1. The van der Waals surface area contributed by atoms with Crippen LogP contribution in [-0.4, -0.2) is 13.3 Å². The van der Waals surface area contributed by atoms with Crippen molar-refractivity contribution in [2.45, 2.75) is 38.5 Å². The zero-order valence-corrected chi connectivity index (χ0v) is 10.3. The van der Waals surface area contributed by atoms with Gasteiger partial charge in [0.05, 0.1) is 12.0 Å². The highest BCUT2D eigenvalue weighted by Gasteiger charge is 2.41. The van der Waals surface area contributed by atoms with E-state index in [2.05, 4.69) is 0 Å². The van der Waals surface area contributed by atoms with Crippen LogP contribution in [0, 0.1) is 0 Å². The van der Waals surface area contributed by atoms with Crippen LogP contribution in [0.4, 0.5) is 13.2 Å². The van der Waals surface area contributed by atoms with Crippen LogP contribution in [0.25, 0.3) is 0 Å². The average Bonchev–Trinajstić information content (AvgIpc) is 2.26. The lowest BCUT2D eigenvalue weighted by molar-refractivity contribution is -0.181. The fraction of sp³-hybridized carbons (Fsp3) is 0.538. The van der Waals surface area contributed by atoms with Crippen molar-refractivity contribution in [2.75, 3.05) is 7.11 Å². The molecule has 1 unspecified atom stereocenters. The molecule has 1 atom stereocenters. The fourth-order valence-electron chi connectivity index (χ4n) is 2.00. The lowest BCUT2D eigenvalue weighted by Crippen LogP contribution is -2.32. The minimum atomic E-state index is -4.24. The lowest BCUT2D eigenvalue weighted by atomic mass is 9.87. The Kier molecular flexibility index (Phi) is 4.20. The van der Waals surface area contributed by atoms with Gasteiger partial charge in [0, 0.05) is 7.11 Å². The SMILES string of the molecule is CCc1ccccc1C(C)(CC(F)(F)F)OC. The van der Waals surface area contributed by atoms with E-state index in [1.54, 1.807) is 12.1 Å². The van der Waals surface area contributed by atoms with E-state index in [0.717, 1.165) is 5.56 Å². The fourth-order valence-corrected chi connectivity index (χ4v) is 2.00. The molecule has 0 N–H and O–H groups in total. The molecule has 1 aromatic carbocycles. The molecule has 0 heterocycles. The van der Waals surface area contributed by atoms with Gasteiger partial charge in [-0.15, -0.1) is 0 Å². The topological polar surface area (TPSA) is 9.23 Å². The van der Waals surface area contributed by atoms with Crippen LogP contribution in [-0.2, 0) is 16.8 Å². The molecular weight excluding hydrogens is 229 g/mol. The molecule has 0 aliphatic rings.